The van der Waals surface area contributed by atoms with E-state index in [2.05, 4.69) is 0 Å². The van der Waals surface area contributed by atoms with Crippen molar-refractivity contribution in [3.63, 3.8) is 0 Å². The maximum Gasteiger partial charge on any atom is 2.00 e. The van der Waals surface area contributed by atoms with Crippen LogP contribution in [-0.2, 0) is 0 Å². The summed E-state index contributed by atoms with van der Waals surface area (Å²) in [6, 6.07) is 0. The Morgan fingerprint density at radius 1 is 0.545 bits per heavy atom. The van der Waals surface area contributed by atoms with Gasteiger partial charge in [0.2, 0.25) is 0 Å². The van der Waals surface area contributed by atoms with Crippen LogP contribution in [-0.4, -0.2) is 102 Å². The Kier molecular flexibility index (Phi) is 107. The van der Waals surface area contributed by atoms with Crippen LogP contribution in [0.15, 0.2) is 0 Å². The molecule has 64 valence electrons. The number of aliphatic hydroxyl groups is 4. The Morgan fingerprint density at radius 3 is 0.545 bits per heavy atom. The third kappa shape index (κ3) is 284. The van der Waals surface area contributed by atoms with E-state index in [9.17, 15) is 0 Å². The van der Waals surface area contributed by atoms with Crippen molar-refractivity contribution in [1.29, 1.82) is 0 Å². The molecular weight excluding hydrogens is 232 g/mol. The van der Waals surface area contributed by atoms with Crippen molar-refractivity contribution < 1.29 is 39.2 Å². The van der Waals surface area contributed by atoms with Crippen molar-refractivity contribution in [2.45, 2.75) is 6.16 Å². The molecule has 0 unspecified atom stereocenters. The Balaban J connectivity index is -0.00000000533. The first-order valence-corrected chi connectivity index (χ1v) is 0.894. The molecular formula is CH4Ca2F4O4. The molecule has 0 aromatic heterocycles. The Hall–Kier alpha value is 2.08. The van der Waals surface area contributed by atoms with Gasteiger partial charge >= 0.3 is 81.6 Å². The van der Waals surface area contributed by atoms with Gasteiger partial charge in [0.05, 0.1) is 0 Å². The first-order valence-electron chi connectivity index (χ1n) is 0.894. The zero-order valence-electron chi connectivity index (χ0n) is 5.21. The Morgan fingerprint density at radius 2 is 0.545 bits per heavy atom. The largest absolute Gasteiger partial charge is 2.00 e. The molecule has 0 aromatic carbocycles. The summed E-state index contributed by atoms with van der Waals surface area (Å²) in [5.74, 6) is 0. The van der Waals surface area contributed by atoms with Gasteiger partial charge in [-0.25, -0.2) is 0 Å². The van der Waals surface area contributed by atoms with Gasteiger partial charge in [0.1, 0.15) is 0 Å². The third-order valence-corrected chi connectivity index (χ3v) is 0. The van der Waals surface area contributed by atoms with Gasteiger partial charge in [-0.2, -0.15) is 0 Å². The monoisotopic (exact) mass is 236 g/mol. The summed E-state index contributed by atoms with van der Waals surface area (Å²) < 4.78 is 0. The molecule has 0 aromatic rings. The van der Waals surface area contributed by atoms with Crippen LogP contribution >= 0.6 is 0 Å². The average molecular weight is 236 g/mol. The molecule has 0 radical (unpaired) electrons. The predicted octanol–water partition coefficient (Wildman–Crippen LogP) is -15.2. The molecule has 11 heavy (non-hydrogen) atoms. The fourth-order valence-corrected chi connectivity index (χ4v) is 0. The Labute approximate surface area is 119 Å². The van der Waals surface area contributed by atoms with Crippen molar-refractivity contribution in [1.82, 2.24) is 0 Å². The van der Waals surface area contributed by atoms with Crippen molar-refractivity contribution >= 4 is 75.5 Å². The van der Waals surface area contributed by atoms with Gasteiger partial charge in [0.25, 0.3) is 0 Å². The van der Waals surface area contributed by atoms with Crippen molar-refractivity contribution in [2.75, 3.05) is 0 Å². The van der Waals surface area contributed by atoms with Crippen LogP contribution in [0.5, 0.6) is 0 Å². The molecule has 0 saturated carbocycles. The SMILES string of the molecule is OC(O)(O)O.[Ca+2].[Ca+2].[F-].[F-].[F-].[F-]. The van der Waals surface area contributed by atoms with E-state index in [1.165, 1.54) is 0 Å². The fourth-order valence-electron chi connectivity index (χ4n) is 0. The molecule has 0 bridgehead atoms. The molecule has 0 saturated heterocycles. The maximum absolute atomic E-state index is 7.19. The van der Waals surface area contributed by atoms with Crippen molar-refractivity contribution in [2.24, 2.45) is 0 Å². The van der Waals surface area contributed by atoms with Gasteiger partial charge in [-0.15, -0.1) is 0 Å². The van der Waals surface area contributed by atoms with Crippen LogP contribution in [0.25, 0.3) is 0 Å². The van der Waals surface area contributed by atoms with Crippen LogP contribution in [0, 0.1) is 0 Å². The van der Waals surface area contributed by atoms with Gasteiger partial charge in [-0.3, -0.25) is 0 Å². The first kappa shape index (κ1) is 51.6. The second-order valence-electron chi connectivity index (χ2n) is 0.600. The number of hydrogen-bond donors (Lipinski definition) is 4. The van der Waals surface area contributed by atoms with Crippen LogP contribution in [0.4, 0.5) is 0 Å². The summed E-state index contributed by atoms with van der Waals surface area (Å²) in [6.07, 6.45) is -3.50. The van der Waals surface area contributed by atoms with E-state index in [1.807, 2.05) is 0 Å². The molecule has 4 N–H and O–H groups in total. The molecule has 0 aliphatic carbocycles. The minimum atomic E-state index is -3.50. The zero-order valence-corrected chi connectivity index (χ0v) is 9.63. The summed E-state index contributed by atoms with van der Waals surface area (Å²) in [5, 5.41) is 28.8. The second-order valence-corrected chi connectivity index (χ2v) is 0.600. The van der Waals surface area contributed by atoms with Gasteiger partial charge in [0, 0.05) is 0 Å². The average Bonchev–Trinajstić information content (AvgIpc) is 0.722. The maximum atomic E-state index is 7.19. The smallest absolute Gasteiger partial charge is 1.00 e. The minimum absolute atomic E-state index is 0. The summed E-state index contributed by atoms with van der Waals surface area (Å²) in [6.45, 7) is 0. The Bertz CT molecular complexity index is 35.6. The molecule has 10 heteroatoms. The van der Waals surface area contributed by atoms with Crippen molar-refractivity contribution in [3.8, 4) is 0 Å². The first-order chi connectivity index (χ1) is 2.00. The zero-order chi connectivity index (χ0) is 4.50. The summed E-state index contributed by atoms with van der Waals surface area (Å²) in [4.78, 5) is 0. The molecule has 0 heterocycles. The quantitative estimate of drug-likeness (QED) is 0.191. The van der Waals surface area contributed by atoms with E-state index in [1.54, 1.807) is 0 Å². The summed E-state index contributed by atoms with van der Waals surface area (Å²) in [7, 11) is 0. The van der Waals surface area contributed by atoms with E-state index in [-0.39, 0.29) is 94.3 Å². The third-order valence-electron chi connectivity index (χ3n) is 0. The molecule has 0 rings (SSSR count). The normalized spacial score (nSPS) is 5.45. The minimum Gasteiger partial charge on any atom is -1.00 e. The van der Waals surface area contributed by atoms with Crippen LogP contribution < -0.4 is 18.8 Å². The molecule has 0 amide bonds. The van der Waals surface area contributed by atoms with Crippen LogP contribution in [0.3, 0.4) is 0 Å². The second kappa shape index (κ2) is 22.7. The standard InChI is InChI=1S/CH4O4.2Ca.4FH/c2-1(3,4)5;;;;;;/h2-5H;;;4*1H/q;2*+2;;;;/p-4. The molecule has 4 nitrogen and oxygen atoms in total. The molecule has 0 aliphatic heterocycles. The van der Waals surface area contributed by atoms with Gasteiger partial charge in [-0.1, -0.05) is 0 Å². The van der Waals surface area contributed by atoms with Crippen molar-refractivity contribution in [3.05, 3.63) is 0 Å². The van der Waals surface area contributed by atoms with Crippen LogP contribution in [0.2, 0.25) is 0 Å². The molecule has 0 spiro atoms. The van der Waals surface area contributed by atoms with Gasteiger partial charge in [0.15, 0.2) is 0 Å². The number of hydrogen-bond acceptors (Lipinski definition) is 4. The van der Waals surface area contributed by atoms with E-state index < -0.39 is 6.16 Å². The van der Waals surface area contributed by atoms with E-state index in [0.29, 0.717) is 0 Å². The van der Waals surface area contributed by atoms with Gasteiger partial charge < -0.3 is 39.2 Å². The molecule has 0 aliphatic rings. The fraction of sp³-hybridized carbons (Fsp3) is 1.00. The van der Waals surface area contributed by atoms with Crippen LogP contribution in [0.1, 0.15) is 0 Å². The summed E-state index contributed by atoms with van der Waals surface area (Å²) >= 11 is 0. The molecule has 0 fully saturated rings. The van der Waals surface area contributed by atoms with Gasteiger partial charge in [-0.05, 0) is 0 Å². The van der Waals surface area contributed by atoms with E-state index in [4.69, 9.17) is 20.4 Å². The predicted molar refractivity (Wildman–Crippen MR) is 23.1 cm³/mol. The summed E-state index contributed by atoms with van der Waals surface area (Å²) in [5.41, 5.74) is 0. The van der Waals surface area contributed by atoms with E-state index in [0.717, 1.165) is 0 Å². The molecule has 0 atom stereocenters. The van der Waals surface area contributed by atoms with E-state index >= 15 is 0 Å². The topological polar surface area (TPSA) is 80.9 Å². The number of halogens is 4. The number of rotatable bonds is 0.